The van der Waals surface area contributed by atoms with E-state index in [1.165, 1.54) is 13.0 Å². The molecule has 0 aromatic rings. The summed E-state index contributed by atoms with van der Waals surface area (Å²) in [5.74, 6) is -1.23. The fourth-order valence-corrected chi connectivity index (χ4v) is 4.34. The number of aliphatic hydroxyl groups excluding tert-OH is 7. The Morgan fingerprint density at radius 2 is 1.10 bits per heavy atom. The van der Waals surface area contributed by atoms with E-state index in [1.54, 1.807) is 38.2 Å². The van der Waals surface area contributed by atoms with Gasteiger partial charge in [-0.15, -0.1) is 0 Å². The molecule has 2 aliphatic rings. The number of aliphatic hydroxyl groups is 7. The van der Waals surface area contributed by atoms with Gasteiger partial charge < -0.3 is 59.4 Å². The van der Waals surface area contributed by atoms with Crippen LogP contribution in [0.25, 0.3) is 0 Å². The van der Waals surface area contributed by atoms with Gasteiger partial charge in [0.1, 0.15) is 48.8 Å². The lowest BCUT2D eigenvalue weighted by molar-refractivity contribution is -0.326. The number of carbonyl (C=O) groups is 2. The van der Waals surface area contributed by atoms with Crippen molar-refractivity contribution in [2.45, 2.75) is 96.0 Å². The third kappa shape index (κ3) is 12.3. The summed E-state index contributed by atoms with van der Waals surface area (Å²) in [5, 5.41) is 70.4. The molecule has 14 nitrogen and oxygen atoms in total. The Hall–Kier alpha value is -3.28. The molecule has 0 saturated carbocycles. The molecule has 2 rings (SSSR count). The lowest BCUT2D eigenvalue weighted by atomic mass is 9.98. The van der Waals surface area contributed by atoms with Crippen molar-refractivity contribution in [1.29, 1.82) is 0 Å². The van der Waals surface area contributed by atoms with E-state index in [1.807, 2.05) is 44.2 Å². The minimum Gasteiger partial charge on any atom is -0.463 e. The van der Waals surface area contributed by atoms with E-state index in [0.29, 0.717) is 12.2 Å². The molecule has 48 heavy (non-hydrogen) atoms. The van der Waals surface area contributed by atoms with Crippen molar-refractivity contribution < 1.29 is 69.0 Å². The van der Waals surface area contributed by atoms with Crippen molar-refractivity contribution >= 4 is 11.9 Å². The zero-order chi connectivity index (χ0) is 36.0. The van der Waals surface area contributed by atoms with Gasteiger partial charge in [0.05, 0.1) is 19.8 Å². The average Bonchev–Trinajstić information content (AvgIpc) is 3.05. The number of hydrogen-bond donors (Lipinski definition) is 7. The van der Waals surface area contributed by atoms with E-state index < -0.39 is 80.6 Å². The maximum Gasteiger partial charge on any atom is 0.336 e. The molecule has 10 atom stereocenters. The molecule has 0 aromatic heterocycles. The highest BCUT2D eigenvalue weighted by atomic mass is 16.7. The lowest BCUT2D eigenvalue weighted by Gasteiger charge is -2.42. The quantitative estimate of drug-likeness (QED) is 0.0739. The molecular formula is C34H48O14. The van der Waals surface area contributed by atoms with Crippen molar-refractivity contribution in [2.75, 3.05) is 19.8 Å². The Balaban J connectivity index is 1.93. The van der Waals surface area contributed by atoms with Crippen molar-refractivity contribution in [3.05, 3.63) is 83.1 Å². The summed E-state index contributed by atoms with van der Waals surface area (Å²) in [6.07, 6.45) is 1.44. The highest BCUT2D eigenvalue weighted by Crippen LogP contribution is 2.26. The van der Waals surface area contributed by atoms with Crippen molar-refractivity contribution in [2.24, 2.45) is 0 Å². The molecular weight excluding hydrogens is 632 g/mol. The lowest BCUT2D eigenvalue weighted by Crippen LogP contribution is -2.61. The van der Waals surface area contributed by atoms with E-state index in [9.17, 15) is 45.3 Å². The average molecular weight is 681 g/mol. The summed E-state index contributed by atoms with van der Waals surface area (Å²) in [4.78, 5) is 24.3. The van der Waals surface area contributed by atoms with Crippen LogP contribution < -0.4 is 0 Å². The third-order valence-corrected chi connectivity index (χ3v) is 7.32. The highest BCUT2D eigenvalue weighted by molar-refractivity contribution is 5.88. The summed E-state index contributed by atoms with van der Waals surface area (Å²) < 4.78 is 26.2. The number of carbonyl (C=O) groups excluding carboxylic acids is 2. The molecule has 0 aliphatic carbocycles. The molecule has 0 radical (unpaired) electrons. The molecule has 7 N–H and O–H groups in total. The summed E-state index contributed by atoms with van der Waals surface area (Å²) in [6.45, 7) is 7.75. The van der Waals surface area contributed by atoms with Crippen molar-refractivity contribution in [1.82, 2.24) is 0 Å². The number of allylic oxidation sites excluding steroid dienone is 12. The number of hydrogen-bond acceptors (Lipinski definition) is 14. The number of esters is 2. The second-order valence-electron chi connectivity index (χ2n) is 11.3. The zero-order valence-corrected chi connectivity index (χ0v) is 27.7. The van der Waals surface area contributed by atoms with Crippen molar-refractivity contribution in [3.63, 3.8) is 0 Å². The van der Waals surface area contributed by atoms with E-state index >= 15 is 0 Å². The maximum absolute atomic E-state index is 12.7. The van der Waals surface area contributed by atoms with Gasteiger partial charge in [-0.2, -0.15) is 0 Å². The fraction of sp³-hybridized carbons (Fsp3) is 0.529. The van der Waals surface area contributed by atoms with Crippen LogP contribution >= 0.6 is 0 Å². The monoisotopic (exact) mass is 680 g/mol. The van der Waals surface area contributed by atoms with Gasteiger partial charge in [0, 0.05) is 11.1 Å². The predicted molar refractivity (Wildman–Crippen MR) is 172 cm³/mol. The van der Waals surface area contributed by atoms with Gasteiger partial charge in [-0.1, -0.05) is 71.9 Å². The standard InChI is InChI=1S/C34H48O14/c1-6-44-31(42)21(4)15-9-13-19(2)11-7-8-12-20(3)14-10-16-22(5)32(43)48-34-30(41)28(39)26(37)24(47-34)18-45-33-29(40)27(38)25(36)23(17-35)46-33/h7-16,23-30,33-41H,6,17-18H2,1-5H3/b8-7+,13-9+,14-10+,19-11+,20-12+,21-15+,22-16+/t23-,24-,25-,26-,27+,28+,29-,30-,33-,34+/m1/s1. The number of ether oxygens (including phenoxy) is 5. The van der Waals surface area contributed by atoms with Crippen LogP contribution in [-0.2, 0) is 33.3 Å². The molecule has 0 spiro atoms. The fourth-order valence-electron chi connectivity index (χ4n) is 4.34. The first kappa shape index (κ1) is 40.9. The minimum absolute atomic E-state index is 0.137. The van der Waals surface area contributed by atoms with Gasteiger partial charge in [0.15, 0.2) is 6.29 Å². The van der Waals surface area contributed by atoms with Crippen LogP contribution in [0.4, 0.5) is 0 Å². The normalized spacial score (nSPS) is 32.8. The van der Waals surface area contributed by atoms with Gasteiger partial charge >= 0.3 is 11.9 Å². The molecule has 0 unspecified atom stereocenters. The van der Waals surface area contributed by atoms with Crippen molar-refractivity contribution in [3.8, 4) is 0 Å². The second kappa shape index (κ2) is 20.3. The predicted octanol–water partition coefficient (Wildman–Crippen LogP) is 0.171. The van der Waals surface area contributed by atoms with Crippen LogP contribution in [0.2, 0.25) is 0 Å². The molecule has 2 fully saturated rings. The van der Waals surface area contributed by atoms with Crippen LogP contribution in [0.5, 0.6) is 0 Å². The Labute approximate surface area is 279 Å². The summed E-state index contributed by atoms with van der Waals surface area (Å²) >= 11 is 0. The Bertz CT molecular complexity index is 1280. The van der Waals surface area contributed by atoms with Crippen LogP contribution in [0.3, 0.4) is 0 Å². The largest absolute Gasteiger partial charge is 0.463 e. The zero-order valence-electron chi connectivity index (χ0n) is 27.7. The van der Waals surface area contributed by atoms with Crippen LogP contribution in [0.15, 0.2) is 83.1 Å². The van der Waals surface area contributed by atoms with Gasteiger partial charge in [0.2, 0.25) is 6.29 Å². The SMILES string of the molecule is CCOC(=O)/C(C)=C/C=C/C(C)=C/C=C/C=C(C)/C=C/C=C(\C)C(=O)O[C@@H]1O[C@H](CO[C@@H]2O[C@H](CO)[C@@H](O)[C@H](O)[C@H]2O)[C@@H](O)[C@H](O)[C@H]1O. The van der Waals surface area contributed by atoms with Gasteiger partial charge in [-0.3, -0.25) is 0 Å². The Kier molecular flexibility index (Phi) is 17.3. The molecule has 0 aromatic carbocycles. The first-order valence-electron chi connectivity index (χ1n) is 15.4. The molecule has 0 bridgehead atoms. The second-order valence-corrected chi connectivity index (χ2v) is 11.3. The Morgan fingerprint density at radius 1 is 0.625 bits per heavy atom. The molecule has 2 saturated heterocycles. The van der Waals surface area contributed by atoms with Gasteiger partial charge in [0.25, 0.3) is 0 Å². The van der Waals surface area contributed by atoms with E-state index in [2.05, 4.69) is 0 Å². The molecule has 2 heterocycles. The summed E-state index contributed by atoms with van der Waals surface area (Å²) in [6, 6.07) is 0. The van der Waals surface area contributed by atoms with Crippen LogP contribution in [0.1, 0.15) is 34.6 Å². The molecule has 0 amide bonds. The third-order valence-electron chi connectivity index (χ3n) is 7.32. The topological polar surface area (TPSA) is 222 Å². The summed E-state index contributed by atoms with van der Waals surface area (Å²) in [5.41, 5.74) is 2.46. The molecule has 14 heteroatoms. The minimum atomic E-state index is -1.80. The molecule has 268 valence electrons. The summed E-state index contributed by atoms with van der Waals surface area (Å²) in [7, 11) is 0. The Morgan fingerprint density at radius 3 is 1.62 bits per heavy atom. The van der Waals surface area contributed by atoms with Crippen LogP contribution in [0, 0.1) is 0 Å². The first-order valence-corrected chi connectivity index (χ1v) is 15.4. The van der Waals surface area contributed by atoms with Gasteiger partial charge in [-0.25, -0.2) is 9.59 Å². The smallest absolute Gasteiger partial charge is 0.336 e. The van der Waals surface area contributed by atoms with E-state index in [0.717, 1.165) is 11.1 Å². The number of rotatable bonds is 14. The van der Waals surface area contributed by atoms with Gasteiger partial charge in [-0.05, 0) is 34.6 Å². The highest BCUT2D eigenvalue weighted by Gasteiger charge is 2.48. The first-order chi connectivity index (χ1) is 22.7. The molecule has 2 aliphatic heterocycles. The maximum atomic E-state index is 12.7. The van der Waals surface area contributed by atoms with E-state index in [4.69, 9.17) is 23.7 Å². The van der Waals surface area contributed by atoms with E-state index in [-0.39, 0.29) is 11.5 Å². The van der Waals surface area contributed by atoms with Crippen LogP contribution in [-0.4, -0.2) is 129 Å².